The molecule has 3 heterocycles. The second kappa shape index (κ2) is 15.5. The zero-order valence-electron chi connectivity index (χ0n) is 26.1. The van der Waals surface area contributed by atoms with Crippen LogP contribution < -0.4 is 9.64 Å². The van der Waals surface area contributed by atoms with Crippen molar-refractivity contribution in [1.29, 1.82) is 0 Å². The number of hydrogen-bond acceptors (Lipinski definition) is 10. The summed E-state index contributed by atoms with van der Waals surface area (Å²) in [4.78, 5) is 25.3. The van der Waals surface area contributed by atoms with Crippen LogP contribution in [0.4, 0.5) is 10.3 Å². The predicted molar refractivity (Wildman–Crippen MR) is 169 cm³/mol. The van der Waals surface area contributed by atoms with Crippen molar-refractivity contribution in [2.45, 2.75) is 82.2 Å². The summed E-state index contributed by atoms with van der Waals surface area (Å²) in [7, 11) is 0. The molecule has 2 aliphatic heterocycles. The molecule has 2 saturated heterocycles. The molecule has 0 radical (unpaired) electrons. The van der Waals surface area contributed by atoms with Crippen molar-refractivity contribution >= 4 is 23.5 Å². The molecule has 1 aromatic heterocycles. The van der Waals surface area contributed by atoms with E-state index in [1.165, 1.54) is 12.5 Å². The molecule has 1 spiro atoms. The van der Waals surface area contributed by atoms with Gasteiger partial charge in [0.2, 0.25) is 11.9 Å². The zero-order valence-corrected chi connectivity index (χ0v) is 26.8. The van der Waals surface area contributed by atoms with Gasteiger partial charge in [-0.1, -0.05) is 24.1 Å². The number of likely N-dealkylation sites (tertiary alicyclic amines) is 1. The maximum absolute atomic E-state index is 14.8. The maximum atomic E-state index is 14.8. The van der Waals surface area contributed by atoms with Crippen LogP contribution in [0.15, 0.2) is 30.6 Å². The minimum atomic E-state index is -1.63. The molecule has 5 N–H and O–H groups in total. The molecule has 1 unspecified atom stereocenters. The van der Waals surface area contributed by atoms with E-state index in [4.69, 9.17) is 21.4 Å². The fourth-order valence-corrected chi connectivity index (χ4v) is 7.03. The number of carbonyl (C=O) groups is 1. The summed E-state index contributed by atoms with van der Waals surface area (Å²) in [6.07, 6.45) is 4.28. The lowest BCUT2D eigenvalue weighted by molar-refractivity contribution is -0.137. The van der Waals surface area contributed by atoms with Crippen molar-refractivity contribution in [1.82, 2.24) is 14.9 Å². The maximum Gasteiger partial charge on any atom is 0.227 e. The summed E-state index contributed by atoms with van der Waals surface area (Å²) in [5.41, 5.74) is 0.749. The molecule has 5 rings (SSSR count). The number of benzene rings is 1. The number of rotatable bonds is 16. The average molecular weight is 665 g/mol. The van der Waals surface area contributed by atoms with Crippen molar-refractivity contribution in [2.75, 3.05) is 44.3 Å². The van der Waals surface area contributed by atoms with Crippen molar-refractivity contribution in [2.24, 2.45) is 17.3 Å². The number of aromatic nitrogens is 2. The Bertz CT molecular complexity index is 1290. The molecule has 5 atom stereocenters. The topological polar surface area (TPSA) is 160 Å². The van der Waals surface area contributed by atoms with Gasteiger partial charge < -0.3 is 40.1 Å². The molecule has 11 nitrogen and oxygen atoms in total. The Morgan fingerprint density at radius 3 is 2.41 bits per heavy atom. The smallest absolute Gasteiger partial charge is 0.227 e. The van der Waals surface area contributed by atoms with E-state index in [-0.39, 0.29) is 24.7 Å². The van der Waals surface area contributed by atoms with Crippen LogP contribution in [0.3, 0.4) is 0 Å². The van der Waals surface area contributed by atoms with Gasteiger partial charge in [0.05, 0.1) is 43.2 Å². The molecule has 254 valence electrons. The fraction of sp³-hybridized carbons (Fsp3) is 0.667. The average Bonchev–Trinajstić information content (AvgIpc) is 3.71. The van der Waals surface area contributed by atoms with Gasteiger partial charge in [-0.2, -0.15) is 0 Å². The lowest BCUT2D eigenvalue weighted by atomic mass is 9.90. The van der Waals surface area contributed by atoms with Gasteiger partial charge in [-0.05, 0) is 73.8 Å². The van der Waals surface area contributed by atoms with Crippen LogP contribution in [0.5, 0.6) is 5.75 Å². The molecule has 2 aromatic rings. The number of amides is 1. The molecule has 3 aliphatic rings. The van der Waals surface area contributed by atoms with Crippen LogP contribution in [-0.4, -0.2) is 110 Å². The van der Waals surface area contributed by atoms with E-state index in [1.54, 1.807) is 29.4 Å². The molecule has 1 saturated carbocycles. The monoisotopic (exact) mass is 664 g/mol. The number of hydrogen-bond donors (Lipinski definition) is 5. The highest BCUT2D eigenvalue weighted by Gasteiger charge is 2.54. The van der Waals surface area contributed by atoms with Gasteiger partial charge in [0, 0.05) is 32.2 Å². The SMILES string of the molecule is O=C(Cc1ccc(OCCCC2CC23CCN(c2ncc(Cl)cn2)CC3)cc1F)N1CC(CCC[C@H](O)[C@@H](O)[C@H](O)[C@H](O)CO)C1. The molecule has 0 bridgehead atoms. The Hall–Kier alpha value is -2.61. The first-order valence-electron chi connectivity index (χ1n) is 16.3. The highest BCUT2D eigenvalue weighted by Crippen LogP contribution is 2.61. The fourth-order valence-electron chi connectivity index (χ4n) is 6.93. The summed E-state index contributed by atoms with van der Waals surface area (Å²) in [5, 5.41) is 48.5. The zero-order chi connectivity index (χ0) is 32.8. The molecule has 13 heteroatoms. The first-order valence-corrected chi connectivity index (χ1v) is 16.7. The van der Waals surface area contributed by atoms with E-state index in [1.807, 2.05) is 0 Å². The van der Waals surface area contributed by atoms with Crippen molar-refractivity contribution in [3.05, 3.63) is 47.0 Å². The van der Waals surface area contributed by atoms with Crippen molar-refractivity contribution < 1.29 is 39.5 Å². The summed E-state index contributed by atoms with van der Waals surface area (Å²) >= 11 is 5.91. The second-order valence-electron chi connectivity index (χ2n) is 13.3. The van der Waals surface area contributed by atoms with E-state index in [2.05, 4.69) is 14.9 Å². The van der Waals surface area contributed by atoms with Crippen LogP contribution >= 0.6 is 11.6 Å². The van der Waals surface area contributed by atoms with E-state index >= 15 is 0 Å². The Balaban J connectivity index is 0.940. The number of nitrogens with zero attached hydrogens (tertiary/aromatic N) is 4. The Labute approximate surface area is 274 Å². The second-order valence-corrected chi connectivity index (χ2v) is 13.7. The molecular weight excluding hydrogens is 619 g/mol. The summed E-state index contributed by atoms with van der Waals surface area (Å²) < 4.78 is 20.6. The van der Waals surface area contributed by atoms with Crippen LogP contribution in [0.1, 0.15) is 56.9 Å². The molecule has 1 aromatic carbocycles. The highest BCUT2D eigenvalue weighted by atomic mass is 35.5. The van der Waals surface area contributed by atoms with Crippen molar-refractivity contribution in [3.8, 4) is 5.75 Å². The largest absolute Gasteiger partial charge is 0.493 e. The van der Waals surface area contributed by atoms with E-state index in [0.717, 1.165) is 44.7 Å². The number of aliphatic hydroxyl groups excluding tert-OH is 5. The van der Waals surface area contributed by atoms with Crippen LogP contribution in [0.2, 0.25) is 5.02 Å². The van der Waals surface area contributed by atoms with Gasteiger partial charge >= 0.3 is 0 Å². The van der Waals surface area contributed by atoms with Crippen LogP contribution in [-0.2, 0) is 11.2 Å². The lowest BCUT2D eigenvalue weighted by Gasteiger charge is -2.39. The van der Waals surface area contributed by atoms with Gasteiger partial charge in [0.1, 0.15) is 29.9 Å². The number of carbonyl (C=O) groups excluding carboxylic acids is 1. The molecule has 3 fully saturated rings. The Morgan fingerprint density at radius 2 is 1.74 bits per heavy atom. The van der Waals surface area contributed by atoms with E-state index in [9.17, 15) is 29.6 Å². The third kappa shape index (κ3) is 8.64. The minimum Gasteiger partial charge on any atom is -0.493 e. The highest BCUT2D eigenvalue weighted by molar-refractivity contribution is 6.30. The number of halogens is 2. The number of aliphatic hydroxyl groups is 5. The first kappa shape index (κ1) is 34.7. The van der Waals surface area contributed by atoms with Gasteiger partial charge in [0.15, 0.2) is 0 Å². The molecule has 1 aliphatic carbocycles. The summed E-state index contributed by atoms with van der Waals surface area (Å²) in [6.45, 7) is 2.79. The molecule has 46 heavy (non-hydrogen) atoms. The third-order valence-electron chi connectivity index (χ3n) is 10.1. The first-order chi connectivity index (χ1) is 22.1. The summed E-state index contributed by atoms with van der Waals surface area (Å²) in [6, 6.07) is 4.68. The van der Waals surface area contributed by atoms with E-state index < -0.39 is 36.8 Å². The normalized spacial score (nSPS) is 21.8. The minimum absolute atomic E-state index is 0.0276. The van der Waals surface area contributed by atoms with Gasteiger partial charge in [-0.15, -0.1) is 0 Å². The Kier molecular flexibility index (Phi) is 11.7. The van der Waals surface area contributed by atoms with Crippen LogP contribution in [0.25, 0.3) is 0 Å². The van der Waals surface area contributed by atoms with Gasteiger partial charge in [0.25, 0.3) is 0 Å². The summed E-state index contributed by atoms with van der Waals surface area (Å²) in [5.74, 6) is 1.53. The van der Waals surface area contributed by atoms with Gasteiger partial charge in [-0.25, -0.2) is 14.4 Å². The quantitative estimate of drug-likeness (QED) is 0.169. The Morgan fingerprint density at radius 1 is 1.04 bits per heavy atom. The van der Waals surface area contributed by atoms with E-state index in [0.29, 0.717) is 60.2 Å². The molecule has 1 amide bonds. The standard InChI is InChI=1S/C33H46ClFN4O7/c34-24-16-36-32(37-17-24)38-10-8-33(9-11-38)15-23(33)4-2-12-46-25-7-6-22(26(35)14-25)13-29(43)39-18-21(19-39)3-1-5-27(41)30(44)31(45)28(42)20-40/h6-7,14,16-17,21,23,27-28,30-31,40-42,44-45H,1-5,8-13,15,18-20H2/t23?,27-,28+,30+,31+/m0/s1. The van der Waals surface area contributed by atoms with Crippen LogP contribution in [0, 0.1) is 23.1 Å². The lowest BCUT2D eigenvalue weighted by Crippen LogP contribution is -2.50. The third-order valence-corrected chi connectivity index (χ3v) is 10.3. The predicted octanol–water partition coefficient (Wildman–Crippen LogP) is 2.34. The number of piperidine rings is 1. The van der Waals surface area contributed by atoms with Crippen molar-refractivity contribution in [3.63, 3.8) is 0 Å². The number of ether oxygens (including phenoxy) is 1. The molecular formula is C33H46ClFN4O7. The van der Waals surface area contributed by atoms with Gasteiger partial charge in [-0.3, -0.25) is 4.79 Å². The number of anilines is 1.